The van der Waals surface area contributed by atoms with Crippen LogP contribution in [0.5, 0.6) is 0 Å². The van der Waals surface area contributed by atoms with E-state index in [1.165, 1.54) is 18.1 Å². The van der Waals surface area contributed by atoms with Crippen molar-refractivity contribution in [2.24, 2.45) is 0 Å². The lowest BCUT2D eigenvalue weighted by Gasteiger charge is -2.52. The van der Waals surface area contributed by atoms with Crippen LogP contribution in [0.25, 0.3) is 0 Å². The second kappa shape index (κ2) is 6.50. The van der Waals surface area contributed by atoms with Gasteiger partial charge in [0, 0.05) is 29.9 Å². The topological polar surface area (TPSA) is 36.4 Å². The van der Waals surface area contributed by atoms with Crippen molar-refractivity contribution in [3.05, 3.63) is 65.2 Å². The van der Waals surface area contributed by atoms with Crippen LogP contribution in [0.1, 0.15) is 48.9 Å². The van der Waals surface area contributed by atoms with Crippen LogP contribution in [0.4, 0.5) is 4.39 Å². The van der Waals surface area contributed by atoms with Gasteiger partial charge in [-0.2, -0.15) is 4.39 Å². The highest BCUT2D eigenvalue weighted by Crippen LogP contribution is 2.45. The zero-order chi connectivity index (χ0) is 17.4. The summed E-state index contributed by atoms with van der Waals surface area (Å²) in [5, 5.41) is 11.4. The van der Waals surface area contributed by atoms with Gasteiger partial charge in [-0.1, -0.05) is 36.8 Å². The van der Waals surface area contributed by atoms with E-state index < -0.39 is 11.5 Å². The molecular formula is C21H25FN2O. The molecule has 3 heterocycles. The van der Waals surface area contributed by atoms with Crippen LogP contribution in [-0.2, 0) is 12.1 Å². The first-order chi connectivity index (χ1) is 12.0. The zero-order valence-electron chi connectivity index (χ0n) is 14.7. The number of fused-ring (bicyclic) bond motifs is 2. The van der Waals surface area contributed by atoms with E-state index in [1.807, 2.05) is 6.07 Å². The third-order valence-electron chi connectivity index (χ3n) is 5.92. The van der Waals surface area contributed by atoms with E-state index >= 15 is 0 Å². The molecule has 0 aliphatic carbocycles. The molecule has 0 amide bonds. The Morgan fingerprint density at radius 3 is 2.44 bits per heavy atom. The number of pyridine rings is 1. The van der Waals surface area contributed by atoms with Gasteiger partial charge in [0.2, 0.25) is 5.95 Å². The molecule has 4 rings (SSSR count). The summed E-state index contributed by atoms with van der Waals surface area (Å²) in [7, 11) is 0. The molecule has 0 saturated carbocycles. The van der Waals surface area contributed by atoms with Crippen molar-refractivity contribution in [3.63, 3.8) is 0 Å². The van der Waals surface area contributed by atoms with Crippen molar-refractivity contribution >= 4 is 0 Å². The number of piperidine rings is 2. The van der Waals surface area contributed by atoms with Gasteiger partial charge in [-0.25, -0.2) is 4.98 Å². The summed E-state index contributed by atoms with van der Waals surface area (Å²) < 4.78 is 13.4. The Balaban J connectivity index is 1.60. The lowest BCUT2D eigenvalue weighted by Crippen LogP contribution is -2.56. The fourth-order valence-electron chi connectivity index (χ4n) is 4.82. The van der Waals surface area contributed by atoms with Gasteiger partial charge in [0.05, 0.1) is 5.60 Å². The third-order valence-corrected chi connectivity index (χ3v) is 5.92. The second-order valence-corrected chi connectivity index (χ2v) is 7.60. The molecule has 25 heavy (non-hydrogen) atoms. The predicted octanol–water partition coefficient (Wildman–Crippen LogP) is 3.93. The first-order valence-electron chi connectivity index (χ1n) is 9.21. The standard InChI is InChI=1S/C21H25FN2O/c1-15-19(10-11-20(22)23-15)21(25)12-17-8-5-9-18(13-21)24(17)14-16-6-3-2-4-7-16/h2-4,6-7,10-11,17-18,25H,5,8-9,12-14H2,1H3. The van der Waals surface area contributed by atoms with Crippen molar-refractivity contribution in [1.29, 1.82) is 0 Å². The van der Waals surface area contributed by atoms with E-state index in [1.54, 1.807) is 13.0 Å². The Morgan fingerprint density at radius 2 is 1.80 bits per heavy atom. The van der Waals surface area contributed by atoms with Gasteiger partial charge in [0.15, 0.2) is 0 Å². The molecule has 2 unspecified atom stereocenters. The smallest absolute Gasteiger partial charge is 0.213 e. The minimum atomic E-state index is -0.895. The Hall–Kier alpha value is -1.78. The molecule has 132 valence electrons. The average molecular weight is 340 g/mol. The number of nitrogens with zero attached hydrogens (tertiary/aromatic N) is 2. The van der Waals surface area contributed by atoms with Crippen LogP contribution in [0.3, 0.4) is 0 Å². The number of hydrogen-bond donors (Lipinski definition) is 1. The third kappa shape index (κ3) is 3.21. The van der Waals surface area contributed by atoms with Crippen molar-refractivity contribution in [2.75, 3.05) is 0 Å². The SMILES string of the molecule is Cc1nc(F)ccc1C1(O)CC2CCCC(C1)N2Cc1ccccc1. The Labute approximate surface area is 148 Å². The first-order valence-corrected chi connectivity index (χ1v) is 9.21. The highest BCUT2D eigenvalue weighted by atomic mass is 19.1. The summed E-state index contributed by atoms with van der Waals surface area (Å²) in [6.07, 6.45) is 4.84. The lowest BCUT2D eigenvalue weighted by molar-refractivity contribution is -0.100. The fourth-order valence-corrected chi connectivity index (χ4v) is 4.82. The predicted molar refractivity (Wildman–Crippen MR) is 95.5 cm³/mol. The summed E-state index contributed by atoms with van der Waals surface area (Å²) in [5.74, 6) is -0.480. The van der Waals surface area contributed by atoms with E-state index in [0.717, 1.165) is 24.9 Å². The lowest BCUT2D eigenvalue weighted by atomic mass is 9.72. The maximum Gasteiger partial charge on any atom is 0.213 e. The number of aliphatic hydroxyl groups is 1. The number of rotatable bonds is 3. The number of hydrogen-bond acceptors (Lipinski definition) is 3. The Morgan fingerprint density at radius 1 is 1.12 bits per heavy atom. The second-order valence-electron chi connectivity index (χ2n) is 7.60. The molecule has 2 fully saturated rings. The van der Waals surface area contributed by atoms with E-state index in [-0.39, 0.29) is 0 Å². The molecule has 2 bridgehead atoms. The van der Waals surface area contributed by atoms with Gasteiger partial charge in [0.25, 0.3) is 0 Å². The van der Waals surface area contributed by atoms with Gasteiger partial charge in [-0.3, -0.25) is 4.90 Å². The van der Waals surface area contributed by atoms with E-state index in [2.05, 4.69) is 34.1 Å². The molecule has 0 spiro atoms. The van der Waals surface area contributed by atoms with E-state index in [0.29, 0.717) is 30.6 Å². The minimum Gasteiger partial charge on any atom is -0.385 e. The van der Waals surface area contributed by atoms with Gasteiger partial charge >= 0.3 is 0 Å². The molecule has 1 aromatic carbocycles. The van der Waals surface area contributed by atoms with E-state index in [9.17, 15) is 9.50 Å². The maximum absolute atomic E-state index is 13.4. The molecule has 2 aromatic rings. The number of aromatic nitrogens is 1. The maximum atomic E-state index is 13.4. The fraction of sp³-hybridized carbons (Fsp3) is 0.476. The number of halogens is 1. The van der Waals surface area contributed by atoms with Gasteiger partial charge in [0.1, 0.15) is 0 Å². The summed E-state index contributed by atoms with van der Waals surface area (Å²) in [4.78, 5) is 6.50. The van der Waals surface area contributed by atoms with Crippen molar-refractivity contribution in [3.8, 4) is 0 Å². The molecule has 0 radical (unpaired) electrons. The zero-order valence-corrected chi connectivity index (χ0v) is 14.7. The minimum absolute atomic E-state index is 0.363. The normalized spacial score (nSPS) is 29.6. The average Bonchev–Trinajstić information content (AvgIpc) is 2.57. The molecule has 2 aliphatic heterocycles. The van der Waals surface area contributed by atoms with Crippen LogP contribution in [-0.4, -0.2) is 27.1 Å². The molecule has 3 nitrogen and oxygen atoms in total. The molecule has 1 N–H and O–H groups in total. The van der Waals surface area contributed by atoms with Crippen molar-refractivity contribution < 1.29 is 9.50 Å². The van der Waals surface area contributed by atoms with Crippen LogP contribution < -0.4 is 0 Å². The highest BCUT2D eigenvalue weighted by Gasteiger charge is 2.46. The highest BCUT2D eigenvalue weighted by molar-refractivity contribution is 5.28. The van der Waals surface area contributed by atoms with Crippen LogP contribution in [0.2, 0.25) is 0 Å². The largest absolute Gasteiger partial charge is 0.385 e. The van der Waals surface area contributed by atoms with Gasteiger partial charge in [-0.15, -0.1) is 0 Å². The monoisotopic (exact) mass is 340 g/mol. The number of aryl methyl sites for hydroxylation is 1. The van der Waals surface area contributed by atoms with Crippen LogP contribution >= 0.6 is 0 Å². The first kappa shape index (κ1) is 16.7. The van der Waals surface area contributed by atoms with Gasteiger partial charge < -0.3 is 5.11 Å². The van der Waals surface area contributed by atoms with Crippen molar-refractivity contribution in [2.45, 2.75) is 63.3 Å². The van der Waals surface area contributed by atoms with Crippen LogP contribution in [0.15, 0.2) is 42.5 Å². The Kier molecular flexibility index (Phi) is 4.34. The van der Waals surface area contributed by atoms with Crippen LogP contribution in [0, 0.1) is 12.9 Å². The summed E-state index contributed by atoms with van der Waals surface area (Å²) in [6, 6.07) is 14.4. The quantitative estimate of drug-likeness (QED) is 0.860. The van der Waals surface area contributed by atoms with E-state index in [4.69, 9.17) is 0 Å². The molecule has 4 heteroatoms. The summed E-state index contributed by atoms with van der Waals surface area (Å²) in [6.45, 7) is 2.73. The summed E-state index contributed by atoms with van der Waals surface area (Å²) >= 11 is 0. The molecular weight excluding hydrogens is 315 g/mol. The number of benzene rings is 1. The van der Waals surface area contributed by atoms with Gasteiger partial charge in [-0.05, 0) is 50.3 Å². The molecule has 2 saturated heterocycles. The molecule has 1 aromatic heterocycles. The summed E-state index contributed by atoms with van der Waals surface area (Å²) in [5.41, 5.74) is 1.83. The Bertz CT molecular complexity index is 735. The molecule has 2 atom stereocenters. The molecule has 2 aliphatic rings. The van der Waals surface area contributed by atoms with Crippen molar-refractivity contribution in [1.82, 2.24) is 9.88 Å².